The highest BCUT2D eigenvalue weighted by molar-refractivity contribution is 7.15. The van der Waals surface area contributed by atoms with Crippen LogP contribution in [0.15, 0.2) is 47.3 Å². The molecule has 29 heavy (non-hydrogen) atoms. The quantitative estimate of drug-likeness (QED) is 0.487. The van der Waals surface area contributed by atoms with E-state index in [1.54, 1.807) is 43.9 Å². The first kappa shape index (κ1) is 18.9. The van der Waals surface area contributed by atoms with Gasteiger partial charge >= 0.3 is 0 Å². The topological polar surface area (TPSA) is 75.0 Å². The Hall–Kier alpha value is -3.39. The Bertz CT molecular complexity index is 1240. The summed E-state index contributed by atoms with van der Waals surface area (Å²) in [6, 6.07) is 13.5. The van der Waals surface area contributed by atoms with E-state index in [2.05, 4.69) is 10.2 Å². The Labute approximate surface area is 170 Å². The fourth-order valence-corrected chi connectivity index (χ4v) is 4.07. The van der Waals surface area contributed by atoms with Crippen molar-refractivity contribution in [3.05, 3.63) is 74.3 Å². The summed E-state index contributed by atoms with van der Waals surface area (Å²) in [6.07, 6.45) is 2.33. The van der Waals surface area contributed by atoms with Crippen LogP contribution in [0.3, 0.4) is 0 Å². The number of thiazole rings is 1. The molecule has 0 aliphatic rings. The molecule has 0 amide bonds. The number of benzene rings is 2. The van der Waals surface area contributed by atoms with Gasteiger partial charge in [-0.05, 0) is 29.3 Å². The maximum atomic E-state index is 13.0. The van der Waals surface area contributed by atoms with E-state index >= 15 is 0 Å². The number of hydrogen-bond acceptors (Lipinski definition) is 7. The molecule has 8 heteroatoms. The van der Waals surface area contributed by atoms with Crippen molar-refractivity contribution in [2.24, 2.45) is 0 Å². The molecule has 0 saturated heterocycles. The predicted octanol–water partition coefficient (Wildman–Crippen LogP) is 2.32. The molecule has 0 unspecified atom stereocenters. The highest BCUT2D eigenvalue weighted by atomic mass is 32.1. The van der Waals surface area contributed by atoms with E-state index in [1.807, 2.05) is 30.3 Å². The number of methoxy groups -OCH3 is 3. The van der Waals surface area contributed by atoms with Gasteiger partial charge in [0.25, 0.3) is 5.56 Å². The van der Waals surface area contributed by atoms with E-state index in [4.69, 9.17) is 14.2 Å². The fourth-order valence-electron chi connectivity index (χ4n) is 3.14. The lowest BCUT2D eigenvalue weighted by molar-refractivity contribution is 0.324. The lowest BCUT2D eigenvalue weighted by atomic mass is 10.1. The van der Waals surface area contributed by atoms with Crippen molar-refractivity contribution in [2.45, 2.75) is 6.42 Å². The third kappa shape index (κ3) is 3.54. The van der Waals surface area contributed by atoms with Gasteiger partial charge in [0.2, 0.25) is 10.7 Å². The van der Waals surface area contributed by atoms with Gasteiger partial charge in [0.1, 0.15) is 5.82 Å². The van der Waals surface area contributed by atoms with E-state index in [1.165, 1.54) is 11.3 Å². The van der Waals surface area contributed by atoms with E-state index in [0.29, 0.717) is 39.0 Å². The summed E-state index contributed by atoms with van der Waals surface area (Å²) in [5, 5.41) is 8.36. The summed E-state index contributed by atoms with van der Waals surface area (Å²) >= 11 is 1.30. The Morgan fingerprint density at radius 2 is 1.69 bits per heavy atom. The highest BCUT2D eigenvalue weighted by Gasteiger charge is 2.15. The Kier molecular flexibility index (Phi) is 5.18. The molecular formula is C21H19N3O4S. The minimum Gasteiger partial charge on any atom is -0.493 e. The van der Waals surface area contributed by atoms with Gasteiger partial charge in [-0.2, -0.15) is 0 Å². The van der Waals surface area contributed by atoms with Gasteiger partial charge in [0.05, 0.1) is 25.9 Å². The van der Waals surface area contributed by atoms with Crippen molar-refractivity contribution in [3.63, 3.8) is 0 Å². The summed E-state index contributed by atoms with van der Waals surface area (Å²) in [5.41, 5.74) is 1.69. The van der Waals surface area contributed by atoms with Crippen molar-refractivity contribution in [1.29, 1.82) is 0 Å². The van der Waals surface area contributed by atoms with Crippen LogP contribution < -0.4 is 24.3 Å². The van der Waals surface area contributed by atoms with Gasteiger partial charge in [0.15, 0.2) is 11.5 Å². The molecule has 0 bridgehead atoms. The lowest BCUT2D eigenvalue weighted by Gasteiger charge is -2.12. The van der Waals surface area contributed by atoms with Crippen LogP contribution in [-0.2, 0) is 6.42 Å². The third-order valence-corrected chi connectivity index (χ3v) is 5.46. The number of nitrogens with zero attached hydrogens (tertiary/aromatic N) is 3. The van der Waals surface area contributed by atoms with Crippen LogP contribution in [0.2, 0.25) is 0 Å². The average Bonchev–Trinajstić information content (AvgIpc) is 3.28. The molecule has 0 spiro atoms. The Morgan fingerprint density at radius 1 is 1.00 bits per heavy atom. The van der Waals surface area contributed by atoms with Crippen molar-refractivity contribution in [2.75, 3.05) is 21.3 Å². The van der Waals surface area contributed by atoms with Gasteiger partial charge in [-0.15, -0.1) is 10.2 Å². The second kappa shape index (κ2) is 7.92. The molecule has 4 rings (SSSR count). The second-order valence-electron chi connectivity index (χ2n) is 6.27. The first-order valence-corrected chi connectivity index (χ1v) is 9.68. The molecule has 0 radical (unpaired) electrons. The SMILES string of the molecule is COc1cc(C=c2sc3nnc(Cc4ccccc4)n3c2=O)cc(OC)c1OC. The normalized spacial score (nSPS) is 11.8. The average molecular weight is 409 g/mol. The van der Waals surface area contributed by atoms with Gasteiger partial charge < -0.3 is 14.2 Å². The van der Waals surface area contributed by atoms with Crippen LogP contribution in [0, 0.1) is 0 Å². The van der Waals surface area contributed by atoms with E-state index in [-0.39, 0.29) is 5.56 Å². The summed E-state index contributed by atoms with van der Waals surface area (Å²) < 4.78 is 18.3. The molecule has 0 fully saturated rings. The van der Waals surface area contributed by atoms with Crippen LogP contribution in [0.4, 0.5) is 0 Å². The lowest BCUT2D eigenvalue weighted by Crippen LogP contribution is -2.24. The van der Waals surface area contributed by atoms with Gasteiger partial charge in [-0.3, -0.25) is 4.79 Å². The first-order valence-electron chi connectivity index (χ1n) is 8.87. The number of aromatic nitrogens is 3. The monoisotopic (exact) mass is 409 g/mol. The molecule has 0 aliphatic heterocycles. The summed E-state index contributed by atoms with van der Waals surface area (Å²) in [6.45, 7) is 0. The van der Waals surface area contributed by atoms with Gasteiger partial charge in [-0.25, -0.2) is 4.40 Å². The smallest absolute Gasteiger partial charge is 0.275 e. The molecule has 0 atom stereocenters. The standard InChI is InChI=1S/C21H19N3O4S/c1-26-15-9-14(10-16(27-2)19(15)28-3)11-17-20(25)24-18(22-23-21(24)29-17)12-13-7-5-4-6-8-13/h4-11H,12H2,1-3H3. The maximum Gasteiger partial charge on any atom is 0.275 e. The van der Waals surface area contributed by atoms with Crippen molar-refractivity contribution < 1.29 is 14.2 Å². The first-order chi connectivity index (χ1) is 14.1. The number of fused-ring (bicyclic) bond motifs is 1. The van der Waals surface area contributed by atoms with Gasteiger partial charge in [-0.1, -0.05) is 41.7 Å². The molecule has 148 valence electrons. The second-order valence-corrected chi connectivity index (χ2v) is 7.28. The molecule has 2 aromatic heterocycles. The molecule has 7 nitrogen and oxygen atoms in total. The molecule has 4 aromatic rings. The minimum absolute atomic E-state index is 0.144. The van der Waals surface area contributed by atoms with Crippen LogP contribution in [0.25, 0.3) is 11.0 Å². The van der Waals surface area contributed by atoms with Crippen molar-refractivity contribution in [3.8, 4) is 17.2 Å². The zero-order valence-corrected chi connectivity index (χ0v) is 17.0. The maximum absolute atomic E-state index is 13.0. The van der Waals surface area contributed by atoms with Crippen LogP contribution in [0.1, 0.15) is 17.0 Å². The largest absolute Gasteiger partial charge is 0.493 e. The summed E-state index contributed by atoms with van der Waals surface area (Å²) in [4.78, 5) is 13.6. The molecule has 2 aromatic carbocycles. The highest BCUT2D eigenvalue weighted by Crippen LogP contribution is 2.38. The van der Waals surface area contributed by atoms with Gasteiger partial charge in [0, 0.05) is 6.42 Å². The number of hydrogen-bond donors (Lipinski definition) is 0. The van der Waals surface area contributed by atoms with E-state index in [9.17, 15) is 4.79 Å². The molecular weight excluding hydrogens is 390 g/mol. The van der Waals surface area contributed by atoms with Crippen molar-refractivity contribution >= 4 is 22.4 Å². The Balaban J connectivity index is 1.80. The van der Waals surface area contributed by atoms with Crippen molar-refractivity contribution in [1.82, 2.24) is 14.6 Å². The van der Waals surface area contributed by atoms with Crippen LogP contribution >= 0.6 is 11.3 Å². The number of ether oxygens (including phenoxy) is 3. The molecule has 0 aliphatic carbocycles. The zero-order chi connectivity index (χ0) is 20.4. The van der Waals surface area contributed by atoms with Crippen LogP contribution in [-0.4, -0.2) is 35.9 Å². The van der Waals surface area contributed by atoms with E-state index < -0.39 is 0 Å². The third-order valence-electron chi connectivity index (χ3n) is 4.51. The predicted molar refractivity (Wildman–Crippen MR) is 111 cm³/mol. The molecule has 0 N–H and O–H groups in total. The summed E-state index contributed by atoms with van der Waals surface area (Å²) in [7, 11) is 4.66. The Morgan fingerprint density at radius 3 is 2.31 bits per heavy atom. The van der Waals surface area contributed by atoms with E-state index in [0.717, 1.165) is 11.1 Å². The number of rotatable bonds is 6. The van der Waals surface area contributed by atoms with Crippen LogP contribution in [0.5, 0.6) is 17.2 Å². The minimum atomic E-state index is -0.144. The zero-order valence-electron chi connectivity index (χ0n) is 16.2. The summed E-state index contributed by atoms with van der Waals surface area (Å²) in [5.74, 6) is 2.18. The molecule has 0 saturated carbocycles. The fraction of sp³-hybridized carbons (Fsp3) is 0.190. The molecule has 2 heterocycles.